The van der Waals surface area contributed by atoms with Crippen LogP contribution in [0.4, 0.5) is 35.3 Å². The number of benzene rings is 1. The van der Waals surface area contributed by atoms with Crippen LogP contribution >= 0.6 is 0 Å². The number of fused-ring (bicyclic) bond motifs is 1. The topological polar surface area (TPSA) is 135 Å². The number of imide groups is 1. The first-order valence-electron chi connectivity index (χ1n) is 15.5. The number of anilines is 3. The number of rotatable bonds is 9. The molecule has 2 amide bonds. The average Bonchev–Trinajstić information content (AvgIpc) is 3.42. The number of nitrogens with one attached hydrogen (secondary N) is 1. The zero-order chi connectivity index (χ0) is 33.1. The van der Waals surface area contributed by atoms with Crippen LogP contribution < -0.4 is 15.0 Å². The maximum absolute atomic E-state index is 13.3. The third-order valence-electron chi connectivity index (χ3n) is 8.47. The first kappa shape index (κ1) is 32.5. The van der Waals surface area contributed by atoms with Gasteiger partial charge in [0.15, 0.2) is 12.0 Å². The number of nitrogens with zero attached hydrogens (tertiary/aromatic N) is 6. The van der Waals surface area contributed by atoms with Crippen LogP contribution in [0.15, 0.2) is 36.5 Å². The van der Waals surface area contributed by atoms with Crippen molar-refractivity contribution in [1.82, 2.24) is 24.3 Å². The van der Waals surface area contributed by atoms with E-state index in [-0.39, 0.29) is 36.6 Å². The van der Waals surface area contributed by atoms with Crippen LogP contribution in [-0.2, 0) is 22.4 Å². The van der Waals surface area contributed by atoms with Crippen molar-refractivity contribution < 1.29 is 42.1 Å². The molecule has 0 bridgehead atoms. The number of ether oxygens (including phenoxy) is 3. The van der Waals surface area contributed by atoms with Crippen molar-refractivity contribution in [2.24, 2.45) is 0 Å². The van der Waals surface area contributed by atoms with Crippen LogP contribution in [0.2, 0.25) is 0 Å². The Morgan fingerprint density at radius 1 is 1.13 bits per heavy atom. The molecule has 2 saturated heterocycles. The summed E-state index contributed by atoms with van der Waals surface area (Å²) in [5.41, 5.74) is 2.50. The van der Waals surface area contributed by atoms with Gasteiger partial charge in [-0.2, -0.15) is 0 Å². The number of carbonyl (C=O) groups is 2. The van der Waals surface area contributed by atoms with Crippen molar-refractivity contribution in [2.45, 2.75) is 44.9 Å². The molecule has 0 saturated carbocycles. The van der Waals surface area contributed by atoms with Gasteiger partial charge in [0.1, 0.15) is 0 Å². The molecule has 2 N–H and O–H groups in total. The zero-order valence-electron chi connectivity index (χ0n) is 25.8. The first-order chi connectivity index (χ1) is 22.6. The van der Waals surface area contributed by atoms with E-state index in [1.807, 2.05) is 11.6 Å². The van der Waals surface area contributed by atoms with E-state index >= 15 is 0 Å². The van der Waals surface area contributed by atoms with E-state index in [2.05, 4.69) is 29.8 Å². The molecule has 6 rings (SSSR count). The average molecular weight is 660 g/mol. The second-order valence-electron chi connectivity index (χ2n) is 11.6. The van der Waals surface area contributed by atoms with Crippen molar-refractivity contribution >= 4 is 29.3 Å². The highest BCUT2D eigenvalue weighted by Crippen LogP contribution is 2.36. The largest absolute Gasteiger partial charge is 0.573 e. The van der Waals surface area contributed by atoms with E-state index in [0.29, 0.717) is 49.7 Å². The van der Waals surface area contributed by atoms with Gasteiger partial charge < -0.3 is 39.0 Å². The minimum Gasteiger partial charge on any atom is -0.465 e. The molecule has 47 heavy (non-hydrogen) atoms. The number of hydrogen-bond donors (Lipinski definition) is 2. The van der Waals surface area contributed by atoms with E-state index in [0.717, 1.165) is 42.9 Å². The van der Waals surface area contributed by atoms with Crippen molar-refractivity contribution in [3.05, 3.63) is 47.8 Å². The second kappa shape index (κ2) is 13.8. The molecule has 1 unspecified atom stereocenters. The molecule has 252 valence electrons. The number of carboxylic acid groups (broad SMARTS) is 1. The van der Waals surface area contributed by atoms with E-state index in [9.17, 15) is 27.9 Å². The second-order valence-corrected chi connectivity index (χ2v) is 11.6. The number of amides is 2. The minimum absolute atomic E-state index is 0.000575. The summed E-state index contributed by atoms with van der Waals surface area (Å²) < 4.78 is 57.9. The Morgan fingerprint density at radius 3 is 2.66 bits per heavy atom. The molecule has 3 aliphatic rings. The highest BCUT2D eigenvalue weighted by Gasteiger charge is 2.34. The highest BCUT2D eigenvalue weighted by atomic mass is 19.4. The molecule has 0 spiro atoms. The Hall–Kier alpha value is -4.41. The fourth-order valence-corrected chi connectivity index (χ4v) is 6.05. The van der Waals surface area contributed by atoms with Gasteiger partial charge >= 0.3 is 12.5 Å². The third-order valence-corrected chi connectivity index (χ3v) is 8.47. The molecule has 2 aromatic heterocycles. The molecule has 1 aromatic carbocycles. The van der Waals surface area contributed by atoms with Gasteiger partial charge in [0.2, 0.25) is 5.95 Å². The summed E-state index contributed by atoms with van der Waals surface area (Å²) >= 11 is 0. The van der Waals surface area contributed by atoms with Crippen LogP contribution in [0.5, 0.6) is 5.75 Å². The number of hydrogen-bond acceptors (Lipinski definition) is 10. The molecule has 0 aliphatic carbocycles. The van der Waals surface area contributed by atoms with E-state index in [1.54, 1.807) is 24.3 Å². The predicted molar refractivity (Wildman–Crippen MR) is 164 cm³/mol. The maximum atomic E-state index is 13.3. The fraction of sp³-hybridized carbons (Fsp3) is 0.484. The molecular formula is C31H36F3N7O6. The van der Waals surface area contributed by atoms with Crippen molar-refractivity contribution in [3.8, 4) is 17.1 Å². The summed E-state index contributed by atoms with van der Waals surface area (Å²) in [6, 6.07) is 7.63. The lowest BCUT2D eigenvalue weighted by Crippen LogP contribution is -2.44. The van der Waals surface area contributed by atoms with Gasteiger partial charge in [0.05, 0.1) is 29.2 Å². The Bertz CT molecular complexity index is 1600. The van der Waals surface area contributed by atoms with Crippen LogP contribution in [0.25, 0.3) is 11.4 Å². The molecule has 5 heterocycles. The monoisotopic (exact) mass is 659 g/mol. The smallest absolute Gasteiger partial charge is 0.465 e. The zero-order valence-corrected chi connectivity index (χ0v) is 25.8. The lowest BCUT2D eigenvalue weighted by atomic mass is 10.1. The molecule has 1 atom stereocenters. The van der Waals surface area contributed by atoms with E-state index in [4.69, 9.17) is 9.47 Å². The van der Waals surface area contributed by atoms with Crippen LogP contribution in [-0.4, -0.2) is 107 Å². The number of carbonyl (C=O) groups excluding carboxylic acids is 1. The highest BCUT2D eigenvalue weighted by molar-refractivity contribution is 6.05. The third kappa shape index (κ3) is 7.60. The summed E-state index contributed by atoms with van der Waals surface area (Å²) in [7, 11) is 2.01. The molecule has 0 radical (unpaired) electrons. The van der Waals surface area contributed by atoms with Gasteiger partial charge in [0, 0.05) is 69.9 Å². The lowest BCUT2D eigenvalue weighted by molar-refractivity contribution is -0.274. The molecule has 16 heteroatoms. The van der Waals surface area contributed by atoms with Crippen LogP contribution in [0.3, 0.4) is 0 Å². The Labute approximate surface area is 268 Å². The standard InChI is InChI=1S/C31H36F3N7O6/c1-38-11-13-39(14-12-38)20-5-6-26(47-31(32,33)34)23(18-20)37-29-35-9-7-22(36-29)25-19-21-24(8-10-41(28(21)42)30(43)44)40(25)15-17-46-27-4-2-3-16-45-27/h5-7,9,18-19,27H,2-4,8,10-17H2,1H3,(H,43,44)(H,35,36,37). The summed E-state index contributed by atoms with van der Waals surface area (Å²) in [5.74, 6) is -1.08. The lowest BCUT2D eigenvalue weighted by Gasteiger charge is -2.34. The Morgan fingerprint density at radius 2 is 1.94 bits per heavy atom. The van der Waals surface area contributed by atoms with Gasteiger partial charge in [-0.3, -0.25) is 4.79 Å². The fourth-order valence-electron chi connectivity index (χ4n) is 6.05. The summed E-state index contributed by atoms with van der Waals surface area (Å²) in [4.78, 5) is 38.7. The number of likely N-dealkylation sites (N-methyl/N-ethyl adjacent to an activating group) is 1. The molecule has 3 aromatic rings. The SMILES string of the molecule is CN1CCN(c2ccc(OC(F)(F)F)c(Nc3nccc(-c4cc5c(n4CCOC4CCCCO4)CCN(C(=O)O)C5=O)n3)c2)CC1. The quantitative estimate of drug-likeness (QED) is 0.335. The maximum Gasteiger partial charge on any atom is 0.573 e. The normalized spacial score (nSPS) is 19.1. The van der Waals surface area contributed by atoms with Gasteiger partial charge in [-0.25, -0.2) is 19.7 Å². The van der Waals surface area contributed by atoms with Crippen LogP contribution in [0, 0.1) is 0 Å². The van der Waals surface area contributed by atoms with Gasteiger partial charge in [-0.1, -0.05) is 0 Å². The molecular weight excluding hydrogens is 623 g/mol. The van der Waals surface area contributed by atoms with Gasteiger partial charge in [-0.15, -0.1) is 13.2 Å². The minimum atomic E-state index is -4.92. The predicted octanol–water partition coefficient (Wildman–Crippen LogP) is 4.56. The van der Waals surface area contributed by atoms with Gasteiger partial charge in [-0.05, 0) is 56.6 Å². The van der Waals surface area contributed by atoms with Gasteiger partial charge in [0.25, 0.3) is 5.91 Å². The summed E-state index contributed by atoms with van der Waals surface area (Å²) in [6.07, 6.45) is -2.09. The van der Waals surface area contributed by atoms with E-state index < -0.39 is 24.1 Å². The Kier molecular flexibility index (Phi) is 9.52. The number of piperazine rings is 1. The first-order valence-corrected chi connectivity index (χ1v) is 15.5. The number of halogens is 3. The molecule has 3 aliphatic heterocycles. The Balaban J connectivity index is 1.31. The van der Waals surface area contributed by atoms with E-state index in [1.165, 1.54) is 12.3 Å². The van der Waals surface area contributed by atoms with Crippen molar-refractivity contribution in [2.75, 3.05) is 63.2 Å². The van der Waals surface area contributed by atoms with Crippen LogP contribution in [0.1, 0.15) is 35.3 Å². The summed E-state index contributed by atoms with van der Waals surface area (Å²) in [6.45, 7) is 4.25. The van der Waals surface area contributed by atoms with Crippen molar-refractivity contribution in [1.29, 1.82) is 0 Å². The number of aromatic nitrogens is 3. The molecule has 2 fully saturated rings. The summed E-state index contributed by atoms with van der Waals surface area (Å²) in [5, 5.41) is 12.5. The molecule has 13 nitrogen and oxygen atoms in total. The number of alkyl halides is 3. The van der Waals surface area contributed by atoms with Crippen molar-refractivity contribution in [3.63, 3.8) is 0 Å².